The van der Waals surface area contributed by atoms with Crippen LogP contribution in [0.25, 0.3) is 10.9 Å². The van der Waals surface area contributed by atoms with Gasteiger partial charge >= 0.3 is 0 Å². The minimum absolute atomic E-state index is 0.707. The first kappa shape index (κ1) is 11.4. The molecule has 2 rings (SSSR count). The summed E-state index contributed by atoms with van der Waals surface area (Å²) in [7, 11) is 0. The van der Waals surface area contributed by atoms with Gasteiger partial charge in [-0.25, -0.2) is 4.98 Å². The van der Waals surface area contributed by atoms with Gasteiger partial charge in [0.2, 0.25) is 5.88 Å². The van der Waals surface area contributed by atoms with Gasteiger partial charge in [-0.15, -0.1) is 0 Å². The maximum Gasteiger partial charge on any atom is 0.213 e. The Morgan fingerprint density at radius 2 is 2.06 bits per heavy atom. The third-order valence-corrected chi connectivity index (χ3v) is 2.87. The SMILES string of the molecule is CCCCOc1ccc2ccc(Br)cc2n1. The molecule has 3 heteroatoms. The average Bonchev–Trinajstić information content (AvgIpc) is 2.29. The van der Waals surface area contributed by atoms with Crippen LogP contribution in [-0.2, 0) is 0 Å². The van der Waals surface area contributed by atoms with Crippen LogP contribution in [-0.4, -0.2) is 11.6 Å². The Kier molecular flexibility index (Phi) is 3.78. The van der Waals surface area contributed by atoms with Gasteiger partial charge in [-0.3, -0.25) is 0 Å². The zero-order valence-corrected chi connectivity index (χ0v) is 10.8. The summed E-state index contributed by atoms with van der Waals surface area (Å²) in [4.78, 5) is 4.46. The average molecular weight is 280 g/mol. The number of nitrogens with zero attached hydrogens (tertiary/aromatic N) is 1. The third kappa shape index (κ3) is 2.73. The van der Waals surface area contributed by atoms with Crippen molar-refractivity contribution in [2.45, 2.75) is 19.8 Å². The highest BCUT2D eigenvalue weighted by atomic mass is 79.9. The molecule has 0 saturated carbocycles. The minimum Gasteiger partial charge on any atom is -0.478 e. The number of benzene rings is 1. The van der Waals surface area contributed by atoms with Crippen LogP contribution in [0.4, 0.5) is 0 Å². The second kappa shape index (κ2) is 5.30. The number of fused-ring (bicyclic) bond motifs is 1. The quantitative estimate of drug-likeness (QED) is 0.784. The Bertz CT molecular complexity index is 484. The highest BCUT2D eigenvalue weighted by molar-refractivity contribution is 9.10. The molecular weight excluding hydrogens is 266 g/mol. The smallest absolute Gasteiger partial charge is 0.213 e. The Morgan fingerprint density at radius 1 is 1.25 bits per heavy atom. The van der Waals surface area contributed by atoms with Crippen molar-refractivity contribution < 1.29 is 4.74 Å². The Morgan fingerprint density at radius 3 is 2.88 bits per heavy atom. The first-order valence-electron chi connectivity index (χ1n) is 5.48. The molecule has 0 bridgehead atoms. The highest BCUT2D eigenvalue weighted by Gasteiger charge is 1.99. The van der Waals surface area contributed by atoms with Gasteiger partial charge in [-0.1, -0.05) is 35.3 Å². The van der Waals surface area contributed by atoms with Gasteiger partial charge in [-0.05, 0) is 24.6 Å². The zero-order valence-electron chi connectivity index (χ0n) is 9.24. The first-order valence-corrected chi connectivity index (χ1v) is 6.28. The lowest BCUT2D eigenvalue weighted by molar-refractivity contribution is 0.299. The van der Waals surface area contributed by atoms with E-state index in [1.54, 1.807) is 0 Å². The Labute approximate surface area is 104 Å². The van der Waals surface area contributed by atoms with Crippen LogP contribution in [0.2, 0.25) is 0 Å². The Hall–Kier alpha value is -1.09. The van der Waals surface area contributed by atoms with Crippen molar-refractivity contribution in [2.24, 2.45) is 0 Å². The molecule has 2 nitrogen and oxygen atoms in total. The third-order valence-electron chi connectivity index (χ3n) is 2.38. The van der Waals surface area contributed by atoms with E-state index in [9.17, 15) is 0 Å². The van der Waals surface area contributed by atoms with Gasteiger partial charge in [0.05, 0.1) is 12.1 Å². The molecule has 1 aromatic carbocycles. The van der Waals surface area contributed by atoms with E-state index in [1.807, 2.05) is 30.3 Å². The molecule has 2 aromatic rings. The summed E-state index contributed by atoms with van der Waals surface area (Å²) < 4.78 is 6.61. The van der Waals surface area contributed by atoms with Gasteiger partial charge in [0.15, 0.2) is 0 Å². The lowest BCUT2D eigenvalue weighted by Crippen LogP contribution is -1.98. The number of aromatic nitrogens is 1. The summed E-state index contributed by atoms with van der Waals surface area (Å²) in [5.74, 6) is 0.707. The normalized spacial score (nSPS) is 10.6. The molecule has 0 saturated heterocycles. The molecule has 0 radical (unpaired) electrons. The molecule has 0 N–H and O–H groups in total. The van der Waals surface area contributed by atoms with Gasteiger partial charge in [0.25, 0.3) is 0 Å². The molecular formula is C13H14BrNO. The van der Waals surface area contributed by atoms with Crippen molar-refractivity contribution >= 4 is 26.8 Å². The van der Waals surface area contributed by atoms with Crippen molar-refractivity contribution in [3.8, 4) is 5.88 Å². The van der Waals surface area contributed by atoms with E-state index in [2.05, 4.69) is 27.8 Å². The molecule has 0 aliphatic rings. The molecule has 0 amide bonds. The first-order chi connectivity index (χ1) is 7.79. The summed E-state index contributed by atoms with van der Waals surface area (Å²) in [6, 6.07) is 10.0. The summed E-state index contributed by atoms with van der Waals surface area (Å²) in [6.07, 6.45) is 2.21. The molecule has 1 aromatic heterocycles. The van der Waals surface area contributed by atoms with E-state index in [-0.39, 0.29) is 0 Å². The highest BCUT2D eigenvalue weighted by Crippen LogP contribution is 2.20. The monoisotopic (exact) mass is 279 g/mol. The van der Waals surface area contributed by atoms with Crippen LogP contribution in [0.5, 0.6) is 5.88 Å². The van der Waals surface area contributed by atoms with Crippen molar-refractivity contribution in [3.63, 3.8) is 0 Å². The minimum atomic E-state index is 0.707. The number of ether oxygens (including phenoxy) is 1. The number of halogens is 1. The second-order valence-corrected chi connectivity index (χ2v) is 4.60. The largest absolute Gasteiger partial charge is 0.478 e. The number of pyridine rings is 1. The second-order valence-electron chi connectivity index (χ2n) is 3.69. The summed E-state index contributed by atoms with van der Waals surface area (Å²) >= 11 is 3.44. The topological polar surface area (TPSA) is 22.1 Å². The van der Waals surface area contributed by atoms with E-state index in [1.165, 1.54) is 0 Å². The van der Waals surface area contributed by atoms with E-state index in [0.717, 1.165) is 34.8 Å². The fraction of sp³-hybridized carbons (Fsp3) is 0.308. The van der Waals surface area contributed by atoms with Crippen molar-refractivity contribution in [1.82, 2.24) is 4.98 Å². The van der Waals surface area contributed by atoms with Crippen molar-refractivity contribution in [1.29, 1.82) is 0 Å². The molecule has 0 spiro atoms. The summed E-state index contributed by atoms with van der Waals surface area (Å²) in [5.41, 5.74) is 0.961. The number of hydrogen-bond donors (Lipinski definition) is 0. The van der Waals surface area contributed by atoms with Crippen LogP contribution >= 0.6 is 15.9 Å². The number of hydrogen-bond acceptors (Lipinski definition) is 2. The van der Waals surface area contributed by atoms with Gasteiger partial charge < -0.3 is 4.74 Å². The fourth-order valence-electron chi connectivity index (χ4n) is 1.47. The Balaban J connectivity index is 2.21. The van der Waals surface area contributed by atoms with E-state index in [0.29, 0.717) is 5.88 Å². The molecule has 0 unspecified atom stereocenters. The van der Waals surface area contributed by atoms with Crippen LogP contribution in [0.1, 0.15) is 19.8 Å². The summed E-state index contributed by atoms with van der Waals surface area (Å²) in [6.45, 7) is 2.89. The number of rotatable bonds is 4. The maximum atomic E-state index is 5.57. The molecule has 84 valence electrons. The van der Waals surface area contributed by atoms with Gasteiger partial charge in [0, 0.05) is 15.9 Å². The zero-order chi connectivity index (χ0) is 11.4. The lowest BCUT2D eigenvalue weighted by atomic mass is 10.2. The van der Waals surface area contributed by atoms with Crippen molar-refractivity contribution in [3.05, 3.63) is 34.8 Å². The van der Waals surface area contributed by atoms with Gasteiger partial charge in [0.1, 0.15) is 0 Å². The lowest BCUT2D eigenvalue weighted by Gasteiger charge is -2.05. The van der Waals surface area contributed by atoms with Gasteiger partial charge in [-0.2, -0.15) is 0 Å². The van der Waals surface area contributed by atoms with E-state index >= 15 is 0 Å². The number of unbranched alkanes of at least 4 members (excludes halogenated alkanes) is 1. The van der Waals surface area contributed by atoms with Crippen molar-refractivity contribution in [2.75, 3.05) is 6.61 Å². The fourth-order valence-corrected chi connectivity index (χ4v) is 1.82. The standard InChI is InChI=1S/C13H14BrNO/c1-2-3-8-16-13-7-5-10-4-6-11(14)9-12(10)15-13/h4-7,9H,2-3,8H2,1H3. The molecule has 0 aliphatic heterocycles. The van der Waals surface area contributed by atoms with Crippen LogP contribution in [0.3, 0.4) is 0 Å². The molecule has 0 aliphatic carbocycles. The predicted octanol–water partition coefficient (Wildman–Crippen LogP) is 4.18. The van der Waals surface area contributed by atoms with Crippen LogP contribution < -0.4 is 4.74 Å². The maximum absolute atomic E-state index is 5.57. The summed E-state index contributed by atoms with van der Waals surface area (Å²) in [5, 5.41) is 1.13. The molecule has 1 heterocycles. The van der Waals surface area contributed by atoms with E-state index < -0.39 is 0 Å². The van der Waals surface area contributed by atoms with Crippen LogP contribution in [0.15, 0.2) is 34.8 Å². The predicted molar refractivity (Wildman–Crippen MR) is 69.8 cm³/mol. The molecule has 16 heavy (non-hydrogen) atoms. The van der Waals surface area contributed by atoms with Crippen LogP contribution in [0, 0.1) is 0 Å². The van der Waals surface area contributed by atoms with E-state index in [4.69, 9.17) is 4.74 Å². The molecule has 0 atom stereocenters. The molecule has 0 fully saturated rings.